The molecular weight excluding hydrogens is 414 g/mol. The molecule has 0 radical (unpaired) electrons. The van der Waals surface area contributed by atoms with E-state index in [2.05, 4.69) is 20.7 Å². The van der Waals surface area contributed by atoms with Gasteiger partial charge in [-0.1, -0.05) is 36.4 Å². The first-order valence-electron chi connectivity index (χ1n) is 11.3. The summed E-state index contributed by atoms with van der Waals surface area (Å²) in [6.45, 7) is 0.170. The highest BCUT2D eigenvalue weighted by Crippen LogP contribution is 2.26. The lowest BCUT2D eigenvalue weighted by Gasteiger charge is -2.20. The third-order valence-electron chi connectivity index (χ3n) is 6.17. The molecule has 1 aliphatic rings. The third kappa shape index (κ3) is 5.10. The number of hydrogen-bond acceptors (Lipinski definition) is 5. The van der Waals surface area contributed by atoms with Crippen LogP contribution in [0.1, 0.15) is 30.1 Å². The van der Waals surface area contributed by atoms with Gasteiger partial charge in [-0.15, -0.1) is 0 Å². The number of pyridine rings is 1. The fourth-order valence-corrected chi connectivity index (χ4v) is 4.50. The number of aliphatic hydroxyl groups excluding tert-OH is 1. The Morgan fingerprint density at radius 2 is 1.97 bits per heavy atom. The number of aromatic nitrogens is 3. The molecule has 1 aliphatic heterocycles. The molecular formula is C26H27N5O2. The van der Waals surface area contributed by atoms with Crippen molar-refractivity contribution in [3.63, 3.8) is 0 Å². The molecule has 0 aliphatic carbocycles. The van der Waals surface area contributed by atoms with Crippen molar-refractivity contribution < 1.29 is 9.90 Å². The van der Waals surface area contributed by atoms with Crippen molar-refractivity contribution in [1.82, 2.24) is 20.1 Å². The lowest BCUT2D eigenvalue weighted by Crippen LogP contribution is -2.35. The maximum absolute atomic E-state index is 12.4. The number of rotatable bonds is 7. The van der Waals surface area contributed by atoms with Gasteiger partial charge in [0, 0.05) is 47.3 Å². The number of hydrogen-bond donors (Lipinski definition) is 3. The molecule has 0 bridgehead atoms. The average molecular weight is 442 g/mol. The number of amides is 1. The van der Waals surface area contributed by atoms with Crippen LogP contribution in [-0.2, 0) is 17.8 Å². The molecule has 168 valence electrons. The normalized spacial score (nSPS) is 18.9. The molecule has 7 heteroatoms. The Morgan fingerprint density at radius 3 is 2.76 bits per heavy atom. The summed E-state index contributed by atoms with van der Waals surface area (Å²) in [5, 5.41) is 22.6. The van der Waals surface area contributed by atoms with Gasteiger partial charge in [0.25, 0.3) is 0 Å². The van der Waals surface area contributed by atoms with Crippen molar-refractivity contribution in [1.29, 1.82) is 0 Å². The largest absolute Gasteiger partial charge is 0.387 e. The van der Waals surface area contributed by atoms with Crippen molar-refractivity contribution in [2.45, 2.75) is 44.0 Å². The molecule has 2 aromatic heterocycles. The van der Waals surface area contributed by atoms with Gasteiger partial charge in [0.15, 0.2) is 0 Å². The molecule has 7 nitrogen and oxygen atoms in total. The summed E-state index contributed by atoms with van der Waals surface area (Å²) in [6, 6.07) is 19.9. The second-order valence-electron chi connectivity index (χ2n) is 8.61. The fraction of sp³-hybridized carbons (Fsp3) is 0.269. The van der Waals surface area contributed by atoms with E-state index in [0.717, 1.165) is 41.4 Å². The maximum Gasteiger partial charge on any atom is 0.246 e. The smallest absolute Gasteiger partial charge is 0.246 e. The summed E-state index contributed by atoms with van der Waals surface area (Å²) >= 11 is 0. The fourth-order valence-electron chi connectivity index (χ4n) is 4.50. The molecule has 5 rings (SSSR count). The average Bonchev–Trinajstić information content (AvgIpc) is 3.47. The topological polar surface area (TPSA) is 92.1 Å². The Morgan fingerprint density at radius 1 is 1.12 bits per heavy atom. The van der Waals surface area contributed by atoms with E-state index in [1.807, 2.05) is 66.9 Å². The minimum absolute atomic E-state index is 0.0386. The minimum atomic E-state index is -0.548. The zero-order valence-electron chi connectivity index (χ0n) is 18.3. The number of nitrogens with one attached hydrogen (secondary N) is 2. The van der Waals surface area contributed by atoms with Gasteiger partial charge < -0.3 is 15.7 Å². The number of nitrogens with zero attached hydrogens (tertiary/aromatic N) is 3. The number of benzene rings is 2. The molecule has 1 saturated heterocycles. The Labute approximate surface area is 192 Å². The molecule has 3 heterocycles. The highest BCUT2D eigenvalue weighted by molar-refractivity contribution is 5.90. The minimum Gasteiger partial charge on any atom is -0.387 e. The predicted molar refractivity (Wildman–Crippen MR) is 128 cm³/mol. The standard InChI is InChI=1S/C26H27N5O2/c32-25(17-31-16-20-4-1-2-6-23(20)30-31)29-21-9-7-18(8-10-21)14-22-11-12-24(28-22)26(33)19-5-3-13-27-15-19/h1-10,13,15-16,22,24,26,28,33H,11-12,14,17H2,(H,29,32)/t22-,24-,26-/m1/s1. The van der Waals surface area contributed by atoms with Crippen LogP contribution in [0.5, 0.6) is 0 Å². The molecule has 0 spiro atoms. The highest BCUT2D eigenvalue weighted by atomic mass is 16.3. The zero-order chi connectivity index (χ0) is 22.6. The van der Waals surface area contributed by atoms with Gasteiger partial charge in [0.05, 0.1) is 11.6 Å². The van der Waals surface area contributed by atoms with Crippen LogP contribution in [0.25, 0.3) is 10.9 Å². The second kappa shape index (κ2) is 9.52. The lowest BCUT2D eigenvalue weighted by atomic mass is 10.0. The predicted octanol–water partition coefficient (Wildman–Crippen LogP) is 3.47. The van der Waals surface area contributed by atoms with Gasteiger partial charge in [-0.05, 0) is 49.1 Å². The van der Waals surface area contributed by atoms with Crippen LogP contribution in [-0.4, -0.2) is 37.9 Å². The van der Waals surface area contributed by atoms with Gasteiger partial charge in [-0.25, -0.2) is 0 Å². The van der Waals surface area contributed by atoms with Crippen molar-refractivity contribution in [2.75, 3.05) is 5.32 Å². The summed E-state index contributed by atoms with van der Waals surface area (Å²) in [7, 11) is 0. The van der Waals surface area contributed by atoms with E-state index in [1.165, 1.54) is 5.56 Å². The van der Waals surface area contributed by atoms with Crippen LogP contribution in [0.4, 0.5) is 5.69 Å². The van der Waals surface area contributed by atoms with E-state index in [4.69, 9.17) is 0 Å². The van der Waals surface area contributed by atoms with Gasteiger partial charge in [0.2, 0.25) is 5.91 Å². The van der Waals surface area contributed by atoms with Crippen LogP contribution in [0.3, 0.4) is 0 Å². The SMILES string of the molecule is O=C(Cn1cc2ccccc2n1)Nc1ccc(C[C@H]2CC[C@H]([C@H](O)c3cccnc3)N2)cc1. The molecule has 1 fully saturated rings. The van der Waals surface area contributed by atoms with Gasteiger partial charge >= 0.3 is 0 Å². The van der Waals surface area contributed by atoms with Crippen LogP contribution in [0.2, 0.25) is 0 Å². The van der Waals surface area contributed by atoms with Gasteiger partial charge in [-0.2, -0.15) is 5.10 Å². The highest BCUT2D eigenvalue weighted by Gasteiger charge is 2.30. The van der Waals surface area contributed by atoms with Gasteiger partial charge in [0.1, 0.15) is 6.54 Å². The van der Waals surface area contributed by atoms with Crippen molar-refractivity contribution in [3.05, 3.63) is 90.4 Å². The molecule has 0 unspecified atom stereocenters. The first-order chi connectivity index (χ1) is 16.1. The van der Waals surface area contributed by atoms with E-state index >= 15 is 0 Å². The van der Waals surface area contributed by atoms with Crippen LogP contribution >= 0.6 is 0 Å². The molecule has 33 heavy (non-hydrogen) atoms. The monoisotopic (exact) mass is 441 g/mol. The van der Waals surface area contributed by atoms with E-state index < -0.39 is 6.10 Å². The first-order valence-corrected chi connectivity index (χ1v) is 11.3. The summed E-state index contributed by atoms with van der Waals surface area (Å²) in [6.07, 6.45) is 7.59. The van der Waals surface area contributed by atoms with E-state index in [1.54, 1.807) is 17.1 Å². The first kappa shape index (κ1) is 21.3. The number of carbonyl (C=O) groups excluding carboxylic acids is 1. The maximum atomic E-state index is 12.4. The molecule has 1 amide bonds. The number of carbonyl (C=O) groups is 1. The van der Waals surface area contributed by atoms with E-state index in [0.29, 0.717) is 6.04 Å². The number of aliphatic hydroxyl groups is 1. The van der Waals surface area contributed by atoms with E-state index in [-0.39, 0.29) is 18.5 Å². The molecule has 2 aromatic carbocycles. The van der Waals surface area contributed by atoms with Crippen molar-refractivity contribution in [3.8, 4) is 0 Å². The van der Waals surface area contributed by atoms with Crippen LogP contribution in [0, 0.1) is 0 Å². The zero-order valence-corrected chi connectivity index (χ0v) is 18.3. The summed E-state index contributed by atoms with van der Waals surface area (Å²) in [5.41, 5.74) is 3.69. The molecule has 3 N–H and O–H groups in total. The summed E-state index contributed by atoms with van der Waals surface area (Å²) in [5.74, 6) is -0.111. The quantitative estimate of drug-likeness (QED) is 0.409. The molecule has 3 atom stereocenters. The second-order valence-corrected chi connectivity index (χ2v) is 8.61. The Kier molecular flexibility index (Phi) is 6.15. The van der Waals surface area contributed by atoms with Crippen molar-refractivity contribution >= 4 is 22.5 Å². The summed E-state index contributed by atoms with van der Waals surface area (Å²) in [4.78, 5) is 16.5. The van der Waals surface area contributed by atoms with Crippen LogP contribution in [0.15, 0.2) is 79.3 Å². The molecule has 0 saturated carbocycles. The lowest BCUT2D eigenvalue weighted by molar-refractivity contribution is -0.116. The van der Waals surface area contributed by atoms with Gasteiger partial charge in [-0.3, -0.25) is 14.5 Å². The Balaban J connectivity index is 1.13. The molecule has 4 aromatic rings. The van der Waals surface area contributed by atoms with Crippen molar-refractivity contribution in [2.24, 2.45) is 0 Å². The summed E-state index contributed by atoms with van der Waals surface area (Å²) < 4.78 is 1.66. The third-order valence-corrected chi connectivity index (χ3v) is 6.17. The number of fused-ring (bicyclic) bond motifs is 1. The Bertz CT molecular complexity index is 1190. The van der Waals surface area contributed by atoms with Crippen LogP contribution < -0.4 is 10.6 Å². The number of anilines is 1. The van der Waals surface area contributed by atoms with E-state index in [9.17, 15) is 9.90 Å². The Hall–Kier alpha value is -3.55.